The molecule has 0 amide bonds. The fraction of sp³-hybridized carbons (Fsp3) is 0.200. The summed E-state index contributed by atoms with van der Waals surface area (Å²) in [6, 6.07) is 16.6. The minimum absolute atomic E-state index is 0.0735. The summed E-state index contributed by atoms with van der Waals surface area (Å²) in [6.07, 6.45) is 0. The Balaban J connectivity index is 1.88. The Kier molecular flexibility index (Phi) is 6.63. The molecule has 0 fully saturated rings. The fourth-order valence-electron chi connectivity index (χ4n) is 2.87. The van der Waals surface area contributed by atoms with Crippen molar-refractivity contribution >= 4 is 27.0 Å². The van der Waals surface area contributed by atoms with Crippen LogP contribution in [0.4, 0.5) is 5.69 Å². The number of nitro groups is 1. The zero-order chi connectivity index (χ0) is 20.9. The van der Waals surface area contributed by atoms with E-state index in [0.717, 1.165) is 10.4 Å². The topological polar surface area (TPSA) is 89.8 Å². The molecule has 3 rings (SSSR count). The normalized spacial score (nSPS) is 11.5. The lowest BCUT2D eigenvalue weighted by atomic mass is 10.2. The molecule has 0 bridgehead atoms. The fourth-order valence-corrected chi connectivity index (χ4v) is 5.14. The molecule has 1 aromatic heterocycles. The van der Waals surface area contributed by atoms with Crippen LogP contribution in [0, 0.1) is 10.1 Å². The maximum absolute atomic E-state index is 13.2. The summed E-state index contributed by atoms with van der Waals surface area (Å²) in [7, 11) is -2.14. The summed E-state index contributed by atoms with van der Waals surface area (Å²) >= 11 is 1.49. The quantitative estimate of drug-likeness (QED) is 0.373. The summed E-state index contributed by atoms with van der Waals surface area (Å²) in [5.74, 6) is 0.375. The summed E-state index contributed by atoms with van der Waals surface area (Å²) in [5.41, 5.74) is 1.18. The van der Waals surface area contributed by atoms with Crippen molar-refractivity contribution in [1.29, 1.82) is 0 Å². The van der Waals surface area contributed by atoms with Gasteiger partial charge in [-0.25, -0.2) is 8.42 Å². The molecule has 152 valence electrons. The van der Waals surface area contributed by atoms with Crippen molar-refractivity contribution in [2.45, 2.75) is 18.8 Å². The molecule has 0 saturated carbocycles. The summed E-state index contributed by atoms with van der Waals surface area (Å²) in [5, 5.41) is 12.7. The Morgan fingerprint density at radius 3 is 2.38 bits per heavy atom. The van der Waals surface area contributed by atoms with Crippen LogP contribution < -0.4 is 4.74 Å². The van der Waals surface area contributed by atoms with Gasteiger partial charge in [0.2, 0.25) is 10.0 Å². The van der Waals surface area contributed by atoms with Crippen molar-refractivity contribution in [2.75, 3.05) is 7.11 Å². The first-order valence-electron chi connectivity index (χ1n) is 8.74. The number of nitro benzene ring substituents is 1. The summed E-state index contributed by atoms with van der Waals surface area (Å²) in [4.78, 5) is 11.2. The van der Waals surface area contributed by atoms with Crippen LogP contribution in [0.25, 0.3) is 0 Å². The lowest BCUT2D eigenvalue weighted by molar-refractivity contribution is -0.384. The van der Waals surface area contributed by atoms with E-state index in [4.69, 9.17) is 4.74 Å². The number of nitrogens with zero attached hydrogens (tertiary/aromatic N) is 2. The number of non-ortho nitro benzene ring substituents is 1. The Bertz CT molecular complexity index is 1060. The molecule has 3 aromatic rings. The van der Waals surface area contributed by atoms with E-state index in [1.807, 2.05) is 35.7 Å². The molecule has 0 unspecified atom stereocenters. The van der Waals surface area contributed by atoms with E-state index < -0.39 is 14.9 Å². The average molecular weight is 433 g/mol. The van der Waals surface area contributed by atoms with E-state index in [-0.39, 0.29) is 24.5 Å². The SMILES string of the molecule is COc1ccccc1CN(Cc1cccs1)S(=O)(=O)Cc1ccc([N+](=O)[O-])cc1. The molecule has 0 radical (unpaired) electrons. The third-order valence-electron chi connectivity index (χ3n) is 4.34. The molecular weight excluding hydrogens is 412 g/mol. The van der Waals surface area contributed by atoms with Gasteiger partial charge in [0.25, 0.3) is 5.69 Å². The van der Waals surface area contributed by atoms with Gasteiger partial charge in [0.1, 0.15) is 5.75 Å². The molecule has 0 aliphatic carbocycles. The van der Waals surface area contributed by atoms with E-state index in [9.17, 15) is 18.5 Å². The lowest BCUT2D eigenvalue weighted by Crippen LogP contribution is -2.31. The first-order valence-corrected chi connectivity index (χ1v) is 11.2. The van der Waals surface area contributed by atoms with E-state index >= 15 is 0 Å². The summed E-state index contributed by atoms with van der Waals surface area (Å²) in [6.45, 7) is 0.405. The van der Waals surface area contributed by atoms with Crippen molar-refractivity contribution in [3.63, 3.8) is 0 Å². The van der Waals surface area contributed by atoms with Gasteiger partial charge in [-0.2, -0.15) is 4.31 Å². The number of hydrogen-bond acceptors (Lipinski definition) is 6. The third-order valence-corrected chi connectivity index (χ3v) is 6.95. The molecule has 7 nitrogen and oxygen atoms in total. The van der Waals surface area contributed by atoms with Gasteiger partial charge >= 0.3 is 0 Å². The minimum Gasteiger partial charge on any atom is -0.496 e. The lowest BCUT2D eigenvalue weighted by Gasteiger charge is -2.23. The highest BCUT2D eigenvalue weighted by molar-refractivity contribution is 7.88. The van der Waals surface area contributed by atoms with E-state index in [0.29, 0.717) is 11.3 Å². The number of rotatable bonds is 9. The molecular formula is C20H20N2O5S2. The van der Waals surface area contributed by atoms with Crippen LogP contribution in [0.5, 0.6) is 5.75 Å². The van der Waals surface area contributed by atoms with Crippen LogP contribution in [0.2, 0.25) is 0 Å². The predicted molar refractivity (Wildman–Crippen MR) is 112 cm³/mol. The monoisotopic (exact) mass is 432 g/mol. The number of methoxy groups -OCH3 is 1. The van der Waals surface area contributed by atoms with Crippen LogP contribution in [-0.4, -0.2) is 24.8 Å². The molecule has 9 heteroatoms. The van der Waals surface area contributed by atoms with Crippen LogP contribution >= 0.6 is 11.3 Å². The van der Waals surface area contributed by atoms with Crippen molar-refractivity contribution in [3.8, 4) is 5.75 Å². The van der Waals surface area contributed by atoms with Crippen LogP contribution in [0.1, 0.15) is 16.0 Å². The number of ether oxygens (including phenoxy) is 1. The number of thiophene rings is 1. The maximum Gasteiger partial charge on any atom is 0.269 e. The Labute approximate surface area is 173 Å². The average Bonchev–Trinajstić information content (AvgIpc) is 3.21. The minimum atomic E-state index is -3.69. The second-order valence-corrected chi connectivity index (χ2v) is 9.34. The van der Waals surface area contributed by atoms with Gasteiger partial charge in [-0.15, -0.1) is 11.3 Å². The predicted octanol–water partition coefficient (Wildman–Crippen LogP) is 4.20. The molecule has 0 aliphatic rings. The molecule has 1 heterocycles. The van der Waals surface area contributed by atoms with Crippen LogP contribution in [-0.2, 0) is 28.9 Å². The number of benzene rings is 2. The zero-order valence-electron chi connectivity index (χ0n) is 15.7. The molecule has 0 saturated heterocycles. The first-order chi connectivity index (χ1) is 13.9. The van der Waals surface area contributed by atoms with E-state index in [2.05, 4.69) is 0 Å². The largest absolute Gasteiger partial charge is 0.496 e. The Morgan fingerprint density at radius 2 is 1.76 bits per heavy atom. The second kappa shape index (κ2) is 9.17. The van der Waals surface area contributed by atoms with Gasteiger partial charge in [-0.1, -0.05) is 36.4 Å². The number of hydrogen-bond donors (Lipinski definition) is 0. The van der Waals surface area contributed by atoms with Crippen molar-refractivity contribution in [3.05, 3.63) is 92.2 Å². The Morgan fingerprint density at radius 1 is 1.03 bits per heavy atom. The van der Waals surface area contributed by atoms with Crippen LogP contribution in [0.15, 0.2) is 66.0 Å². The molecule has 29 heavy (non-hydrogen) atoms. The number of sulfonamides is 1. The smallest absolute Gasteiger partial charge is 0.269 e. The molecule has 2 aromatic carbocycles. The van der Waals surface area contributed by atoms with Gasteiger partial charge < -0.3 is 4.74 Å². The molecule has 0 N–H and O–H groups in total. The molecule has 0 atom stereocenters. The second-order valence-electron chi connectivity index (χ2n) is 6.34. The highest BCUT2D eigenvalue weighted by Gasteiger charge is 2.25. The van der Waals surface area contributed by atoms with E-state index in [1.165, 1.54) is 39.9 Å². The van der Waals surface area contributed by atoms with Crippen molar-refractivity contribution < 1.29 is 18.1 Å². The van der Waals surface area contributed by atoms with Crippen molar-refractivity contribution in [1.82, 2.24) is 4.31 Å². The maximum atomic E-state index is 13.2. The van der Waals surface area contributed by atoms with Crippen molar-refractivity contribution in [2.24, 2.45) is 0 Å². The van der Waals surface area contributed by atoms with Crippen LogP contribution in [0.3, 0.4) is 0 Å². The standard InChI is InChI=1S/C20H20N2O5S2/c1-27-20-7-3-2-5-17(20)13-21(14-19-6-4-12-28-19)29(25,26)15-16-8-10-18(11-9-16)22(23)24/h2-12H,13-15H2,1H3. The summed E-state index contributed by atoms with van der Waals surface area (Å²) < 4.78 is 33.2. The van der Waals surface area contributed by atoms with Gasteiger partial charge in [-0.3, -0.25) is 10.1 Å². The van der Waals surface area contributed by atoms with E-state index in [1.54, 1.807) is 13.2 Å². The Hall–Kier alpha value is -2.75. The van der Waals surface area contributed by atoms with Gasteiger partial charge in [0.05, 0.1) is 17.8 Å². The van der Waals surface area contributed by atoms with Gasteiger partial charge in [0, 0.05) is 35.7 Å². The third kappa shape index (κ3) is 5.41. The van der Waals surface area contributed by atoms with Gasteiger partial charge in [-0.05, 0) is 23.1 Å². The first kappa shape index (κ1) is 21.0. The highest BCUT2D eigenvalue weighted by Crippen LogP contribution is 2.25. The number of para-hydroxylation sites is 1. The highest BCUT2D eigenvalue weighted by atomic mass is 32.2. The zero-order valence-corrected chi connectivity index (χ0v) is 17.4. The molecule has 0 spiro atoms. The molecule has 0 aliphatic heterocycles. The van der Waals surface area contributed by atoms with Gasteiger partial charge in [0.15, 0.2) is 0 Å².